The molecule has 186 valence electrons. The third-order valence-electron chi connectivity index (χ3n) is 4.13. The number of nitrogen functional groups attached to an aromatic ring is 1. The van der Waals surface area contributed by atoms with Gasteiger partial charge in [-0.3, -0.25) is 10.2 Å². The molecule has 3 aromatic rings. The molecule has 5 heteroatoms. The number of nitrogens with two attached hydrogens (primary N) is 1. The van der Waals surface area contributed by atoms with Gasteiger partial charge in [0.05, 0.1) is 16.7 Å². The topological polar surface area (TPSA) is 87.1 Å². The number of nitrogens with one attached hydrogen (secondary N) is 2. The summed E-state index contributed by atoms with van der Waals surface area (Å²) < 4.78 is 5.48. The zero-order chi connectivity index (χ0) is 26.4. The van der Waals surface area contributed by atoms with E-state index in [0.717, 1.165) is 33.5 Å². The Bertz CT molecular complexity index is 973. The lowest BCUT2D eigenvalue weighted by molar-refractivity contribution is 0.439. The minimum atomic E-state index is -0.0653. The fourth-order valence-electron chi connectivity index (χ4n) is 2.48. The predicted octanol–water partition coefficient (Wildman–Crippen LogP) is 8.62. The Morgan fingerprint density at radius 3 is 1.82 bits per heavy atom. The maximum atomic E-state index is 9.73. The Morgan fingerprint density at radius 2 is 1.42 bits per heavy atom. The number of phenols is 1. The molecule has 0 saturated carbocycles. The Labute approximate surface area is 201 Å². The van der Waals surface area contributed by atoms with E-state index in [1.807, 2.05) is 79.7 Å². The van der Waals surface area contributed by atoms with Crippen LogP contribution in [0.15, 0.2) is 54.8 Å². The zero-order valence-corrected chi connectivity index (χ0v) is 22.7. The number of anilines is 1. The number of aryl methyl sites for hydroxylation is 1. The smallest absolute Gasteiger partial charge is 0.142 e. The van der Waals surface area contributed by atoms with Crippen molar-refractivity contribution in [2.45, 2.75) is 81.6 Å². The Kier molecular flexibility index (Phi) is 15.3. The molecule has 0 fully saturated rings. The molecular formula is C28H47N3O2. The Balaban J connectivity index is 0. The molecule has 0 amide bonds. The van der Waals surface area contributed by atoms with E-state index < -0.39 is 0 Å². The summed E-state index contributed by atoms with van der Waals surface area (Å²) in [4.78, 5) is 0. The van der Waals surface area contributed by atoms with Gasteiger partial charge < -0.3 is 15.6 Å². The standard InChI is InChI=1S/C11H12N2O.C11H17NO.3C2H6/c1-7(2)8(3)14-9-4-5-10-11(6-9)13-12-10;1-7-5-8(11(2,3)4)10(13)9(12)6-7;3*1-2/h4-6,12-13H,1,3H2,2H3;5-6,13H,12H2,1-4H3;3*1-2H3. The largest absolute Gasteiger partial charge is 0.505 e. The normalized spacial score (nSPS) is 9.55. The highest BCUT2D eigenvalue weighted by atomic mass is 16.5. The number of rotatable bonds is 3. The highest BCUT2D eigenvalue weighted by Crippen LogP contribution is 2.35. The summed E-state index contributed by atoms with van der Waals surface area (Å²) in [5.74, 6) is 1.58. The minimum Gasteiger partial charge on any atom is -0.505 e. The van der Waals surface area contributed by atoms with Crippen molar-refractivity contribution in [3.8, 4) is 11.5 Å². The van der Waals surface area contributed by atoms with Gasteiger partial charge in [-0.2, -0.15) is 0 Å². The molecule has 3 rings (SSSR count). The van der Waals surface area contributed by atoms with Crippen molar-refractivity contribution in [2.75, 3.05) is 5.73 Å². The summed E-state index contributed by atoms with van der Waals surface area (Å²) in [7, 11) is 0. The number of H-pyrrole nitrogens is 2. The van der Waals surface area contributed by atoms with E-state index in [1.165, 1.54) is 0 Å². The van der Waals surface area contributed by atoms with E-state index in [9.17, 15) is 5.11 Å². The molecule has 1 heterocycles. The van der Waals surface area contributed by atoms with Crippen molar-refractivity contribution < 1.29 is 9.84 Å². The van der Waals surface area contributed by atoms with Crippen LogP contribution < -0.4 is 10.5 Å². The average molecular weight is 458 g/mol. The van der Waals surface area contributed by atoms with E-state index >= 15 is 0 Å². The molecule has 0 bridgehead atoms. The lowest BCUT2D eigenvalue weighted by atomic mass is 9.85. The number of aromatic hydroxyl groups is 1. The summed E-state index contributed by atoms with van der Waals surface area (Å²) in [5.41, 5.74) is 11.0. The summed E-state index contributed by atoms with van der Waals surface area (Å²) in [6.07, 6.45) is 0. The second kappa shape index (κ2) is 15.7. The van der Waals surface area contributed by atoms with Gasteiger partial charge in [0.15, 0.2) is 0 Å². The first-order chi connectivity index (χ1) is 15.5. The number of fused-ring (bicyclic) bond motifs is 1. The monoisotopic (exact) mass is 457 g/mol. The van der Waals surface area contributed by atoms with Crippen molar-refractivity contribution >= 4 is 16.7 Å². The van der Waals surface area contributed by atoms with Crippen LogP contribution in [0.4, 0.5) is 5.69 Å². The van der Waals surface area contributed by atoms with E-state index in [0.29, 0.717) is 11.4 Å². The molecule has 0 radical (unpaired) electrons. The number of ether oxygens (including phenoxy) is 1. The Morgan fingerprint density at radius 1 is 0.909 bits per heavy atom. The molecule has 0 saturated heterocycles. The highest BCUT2D eigenvalue weighted by Gasteiger charge is 2.19. The quantitative estimate of drug-likeness (QED) is 0.137. The van der Waals surface area contributed by atoms with Crippen LogP contribution in [0.2, 0.25) is 0 Å². The van der Waals surface area contributed by atoms with Crippen LogP contribution >= 0.6 is 0 Å². The molecule has 0 unspecified atom stereocenters. The van der Waals surface area contributed by atoms with Crippen LogP contribution in [0.5, 0.6) is 11.5 Å². The summed E-state index contributed by atoms with van der Waals surface area (Å²) >= 11 is 0. The van der Waals surface area contributed by atoms with Crippen LogP contribution in [-0.4, -0.2) is 15.3 Å². The Hall–Kier alpha value is -3.08. The van der Waals surface area contributed by atoms with E-state index in [4.69, 9.17) is 10.5 Å². The molecule has 5 nitrogen and oxygen atoms in total. The third-order valence-corrected chi connectivity index (χ3v) is 4.13. The van der Waals surface area contributed by atoms with Gasteiger partial charge in [0.2, 0.25) is 0 Å². The number of aromatic nitrogens is 2. The fraction of sp³-hybridized carbons (Fsp3) is 0.429. The van der Waals surface area contributed by atoms with Crippen LogP contribution in [0, 0.1) is 6.92 Å². The van der Waals surface area contributed by atoms with E-state index in [2.05, 4.69) is 44.1 Å². The number of allylic oxidation sites excluding steroid dienone is 1. The zero-order valence-electron chi connectivity index (χ0n) is 22.7. The molecular weight excluding hydrogens is 410 g/mol. The van der Waals surface area contributed by atoms with E-state index in [-0.39, 0.29) is 11.2 Å². The van der Waals surface area contributed by atoms with Gasteiger partial charge in [-0.25, -0.2) is 0 Å². The predicted molar refractivity (Wildman–Crippen MR) is 147 cm³/mol. The van der Waals surface area contributed by atoms with Gasteiger partial charge in [0.25, 0.3) is 0 Å². The molecule has 5 N–H and O–H groups in total. The lowest BCUT2D eigenvalue weighted by Crippen LogP contribution is -2.12. The second-order valence-corrected chi connectivity index (χ2v) is 7.76. The second-order valence-electron chi connectivity index (χ2n) is 7.76. The van der Waals surface area contributed by atoms with Crippen LogP contribution in [0.25, 0.3) is 11.0 Å². The maximum Gasteiger partial charge on any atom is 0.142 e. The summed E-state index contributed by atoms with van der Waals surface area (Å²) in [5, 5.41) is 15.6. The van der Waals surface area contributed by atoms with Gasteiger partial charge in [-0.1, -0.05) is 81.5 Å². The maximum absolute atomic E-state index is 9.73. The van der Waals surface area contributed by atoms with Crippen molar-refractivity contribution in [2.24, 2.45) is 0 Å². The van der Waals surface area contributed by atoms with Crippen molar-refractivity contribution in [1.29, 1.82) is 0 Å². The van der Waals surface area contributed by atoms with Crippen LogP contribution in [0.3, 0.4) is 0 Å². The van der Waals surface area contributed by atoms with Gasteiger partial charge in [0, 0.05) is 11.6 Å². The summed E-state index contributed by atoms with van der Waals surface area (Å²) in [6, 6.07) is 9.52. The number of phenolic OH excluding ortho intramolecular Hbond substituents is 1. The number of aromatic amines is 2. The van der Waals surface area contributed by atoms with Gasteiger partial charge in [-0.15, -0.1) is 0 Å². The first kappa shape index (κ1) is 32.1. The van der Waals surface area contributed by atoms with Crippen LogP contribution in [-0.2, 0) is 5.41 Å². The molecule has 2 aromatic carbocycles. The first-order valence-corrected chi connectivity index (χ1v) is 11.8. The van der Waals surface area contributed by atoms with E-state index in [1.54, 1.807) is 6.07 Å². The summed E-state index contributed by atoms with van der Waals surface area (Å²) in [6.45, 7) is 29.5. The lowest BCUT2D eigenvalue weighted by Gasteiger charge is -2.21. The molecule has 0 aliphatic carbocycles. The average Bonchev–Trinajstić information content (AvgIpc) is 2.76. The number of hydrogen-bond acceptors (Lipinski definition) is 3. The first-order valence-electron chi connectivity index (χ1n) is 11.8. The minimum absolute atomic E-state index is 0.0653. The van der Waals surface area contributed by atoms with Crippen LogP contribution in [0.1, 0.15) is 80.4 Å². The van der Waals surface area contributed by atoms with Crippen molar-refractivity contribution in [3.05, 3.63) is 65.9 Å². The molecule has 0 aliphatic heterocycles. The van der Waals surface area contributed by atoms with Crippen molar-refractivity contribution in [1.82, 2.24) is 10.2 Å². The molecule has 33 heavy (non-hydrogen) atoms. The SMILES string of the molecule is C=C(C)C(=C)Oc1ccc2[nH][nH]c2c1.CC.CC.CC.Cc1cc(N)c(O)c(C(C)(C)C)c1. The van der Waals surface area contributed by atoms with Crippen molar-refractivity contribution in [3.63, 3.8) is 0 Å². The van der Waals surface area contributed by atoms with Gasteiger partial charge in [0.1, 0.15) is 17.3 Å². The van der Waals surface area contributed by atoms with Gasteiger partial charge in [-0.05, 0) is 48.6 Å². The molecule has 0 spiro atoms. The number of benzene rings is 2. The fourth-order valence-corrected chi connectivity index (χ4v) is 2.48. The molecule has 0 aliphatic rings. The molecule has 0 atom stereocenters. The molecule has 1 aromatic heterocycles. The van der Waals surface area contributed by atoms with Gasteiger partial charge >= 0.3 is 0 Å². The third kappa shape index (κ3) is 10.4. The highest BCUT2D eigenvalue weighted by molar-refractivity contribution is 5.77. The number of hydrogen-bond donors (Lipinski definition) is 4.